The molecule has 0 atom stereocenters. The van der Waals surface area contributed by atoms with Crippen LogP contribution in [0.4, 0.5) is 4.39 Å². The minimum absolute atomic E-state index is 0.0216. The van der Waals surface area contributed by atoms with Gasteiger partial charge in [-0.25, -0.2) is 9.18 Å². The molecule has 0 aliphatic rings. The summed E-state index contributed by atoms with van der Waals surface area (Å²) in [5.74, 6) is -3.42. The Morgan fingerprint density at radius 2 is 2.06 bits per heavy atom. The summed E-state index contributed by atoms with van der Waals surface area (Å²) in [6, 6.07) is 2.54. The predicted molar refractivity (Wildman–Crippen MR) is 58.9 cm³/mol. The fourth-order valence-corrected chi connectivity index (χ4v) is 1.43. The molecule has 4 nitrogen and oxygen atoms in total. The number of ether oxygens (including phenoxy) is 2. The highest BCUT2D eigenvalue weighted by molar-refractivity contribution is 6.45. The number of carbonyl (C=O) groups excluding carboxylic acids is 2. The predicted octanol–water partition coefficient (Wildman–Crippen LogP) is 2.23. The van der Waals surface area contributed by atoms with Crippen molar-refractivity contribution in [2.75, 3.05) is 13.7 Å². The van der Waals surface area contributed by atoms with Gasteiger partial charge in [-0.2, -0.15) is 0 Å². The molecule has 0 amide bonds. The van der Waals surface area contributed by atoms with Gasteiger partial charge in [-0.3, -0.25) is 4.79 Å². The number of benzene rings is 1. The zero-order valence-corrected chi connectivity index (χ0v) is 10.0. The third-order valence-electron chi connectivity index (χ3n) is 1.96. The van der Waals surface area contributed by atoms with Crippen LogP contribution in [-0.4, -0.2) is 25.5 Å². The molecule has 0 aliphatic carbocycles. The minimum atomic E-state index is -1.15. The van der Waals surface area contributed by atoms with Gasteiger partial charge in [-0.1, -0.05) is 11.6 Å². The van der Waals surface area contributed by atoms with Crippen LogP contribution in [0, 0.1) is 5.82 Å². The number of ketones is 1. The van der Waals surface area contributed by atoms with Crippen LogP contribution in [-0.2, 0) is 9.53 Å². The number of carbonyl (C=O) groups is 2. The van der Waals surface area contributed by atoms with Crippen LogP contribution in [0.5, 0.6) is 5.75 Å². The van der Waals surface area contributed by atoms with Crippen molar-refractivity contribution in [2.45, 2.75) is 6.92 Å². The number of methoxy groups -OCH3 is 1. The number of rotatable bonds is 4. The Morgan fingerprint density at radius 1 is 1.41 bits per heavy atom. The average Bonchev–Trinajstić information content (AvgIpc) is 2.29. The summed E-state index contributed by atoms with van der Waals surface area (Å²) in [4.78, 5) is 22.8. The van der Waals surface area contributed by atoms with E-state index in [2.05, 4.69) is 4.74 Å². The number of hydrogen-bond acceptors (Lipinski definition) is 4. The van der Waals surface area contributed by atoms with Gasteiger partial charge in [-0.15, -0.1) is 0 Å². The van der Waals surface area contributed by atoms with Crippen molar-refractivity contribution in [3.8, 4) is 5.75 Å². The fraction of sp³-hybridized carbons (Fsp3) is 0.273. The van der Waals surface area contributed by atoms with Crippen LogP contribution >= 0.6 is 11.6 Å². The van der Waals surface area contributed by atoms with Gasteiger partial charge >= 0.3 is 5.97 Å². The molecule has 1 aromatic carbocycles. The molecule has 0 unspecified atom stereocenters. The molecule has 1 rings (SSSR count). The first kappa shape index (κ1) is 13.4. The Hall–Kier alpha value is -1.62. The second-order valence-corrected chi connectivity index (χ2v) is 3.40. The Labute approximate surface area is 102 Å². The van der Waals surface area contributed by atoms with E-state index in [9.17, 15) is 14.0 Å². The van der Waals surface area contributed by atoms with Crippen LogP contribution in [0.15, 0.2) is 12.1 Å². The maximum Gasteiger partial charge on any atom is 0.379 e. The van der Waals surface area contributed by atoms with Gasteiger partial charge in [0.05, 0.1) is 24.3 Å². The van der Waals surface area contributed by atoms with Crippen LogP contribution < -0.4 is 4.74 Å². The lowest BCUT2D eigenvalue weighted by Gasteiger charge is -2.08. The molecule has 0 saturated carbocycles. The van der Waals surface area contributed by atoms with Gasteiger partial charge in [0.2, 0.25) is 0 Å². The molecule has 0 heterocycles. The quantitative estimate of drug-likeness (QED) is 0.473. The van der Waals surface area contributed by atoms with E-state index in [0.29, 0.717) is 0 Å². The maximum absolute atomic E-state index is 13.7. The summed E-state index contributed by atoms with van der Waals surface area (Å²) in [5, 5.41) is -0.165. The van der Waals surface area contributed by atoms with Gasteiger partial charge in [0.25, 0.3) is 5.78 Å². The van der Waals surface area contributed by atoms with Gasteiger partial charge in [-0.05, 0) is 19.1 Å². The smallest absolute Gasteiger partial charge is 0.379 e. The Kier molecular flexibility index (Phi) is 4.45. The first-order valence-electron chi connectivity index (χ1n) is 4.76. The summed E-state index contributed by atoms with van der Waals surface area (Å²) in [6.45, 7) is 1.56. The second-order valence-electron chi connectivity index (χ2n) is 2.99. The van der Waals surface area contributed by atoms with Crippen molar-refractivity contribution in [1.82, 2.24) is 0 Å². The summed E-state index contributed by atoms with van der Waals surface area (Å²) < 4.78 is 22.9. The molecular formula is C11H10ClFO4. The zero-order chi connectivity index (χ0) is 13.0. The van der Waals surface area contributed by atoms with E-state index < -0.39 is 23.1 Å². The van der Waals surface area contributed by atoms with Gasteiger partial charge in [0, 0.05) is 0 Å². The summed E-state index contributed by atoms with van der Waals surface area (Å²) >= 11 is 5.67. The second kappa shape index (κ2) is 5.63. The maximum atomic E-state index is 13.7. The van der Waals surface area contributed by atoms with E-state index in [1.54, 1.807) is 0 Å². The molecule has 0 aliphatic heterocycles. The highest BCUT2D eigenvalue weighted by atomic mass is 35.5. The van der Waals surface area contributed by atoms with Crippen LogP contribution in [0.1, 0.15) is 17.3 Å². The number of halogens is 2. The van der Waals surface area contributed by atoms with Gasteiger partial charge in [0.1, 0.15) is 0 Å². The number of Topliss-reactive ketones (excluding diaryl/α,β-unsaturated/α-hetero) is 1. The molecule has 0 spiro atoms. The molecule has 0 bridgehead atoms. The Balaban J connectivity index is 3.21. The summed E-state index contributed by atoms with van der Waals surface area (Å²) in [5.41, 5.74) is -0.538. The van der Waals surface area contributed by atoms with Crippen molar-refractivity contribution in [3.63, 3.8) is 0 Å². The lowest BCUT2D eigenvalue weighted by Crippen LogP contribution is -2.19. The fourth-order valence-electron chi connectivity index (χ4n) is 1.20. The van der Waals surface area contributed by atoms with Crippen molar-refractivity contribution in [3.05, 3.63) is 28.5 Å². The molecule has 0 saturated heterocycles. The molecule has 92 valence electrons. The van der Waals surface area contributed by atoms with Crippen LogP contribution in [0.2, 0.25) is 5.02 Å². The van der Waals surface area contributed by atoms with E-state index in [-0.39, 0.29) is 17.4 Å². The van der Waals surface area contributed by atoms with Crippen LogP contribution in [0.3, 0.4) is 0 Å². The lowest BCUT2D eigenvalue weighted by molar-refractivity contribution is -0.137. The standard InChI is InChI=1S/C11H10ClFO4/c1-3-17-11(15)10(14)8-6(12)4-5-7(16-2)9(8)13/h4-5H,3H2,1-2H3. The zero-order valence-electron chi connectivity index (χ0n) is 9.25. The number of esters is 1. The van der Waals surface area contributed by atoms with Crippen LogP contribution in [0.25, 0.3) is 0 Å². The monoisotopic (exact) mass is 260 g/mol. The first-order chi connectivity index (χ1) is 8.02. The molecule has 6 heteroatoms. The SMILES string of the molecule is CCOC(=O)C(=O)c1c(Cl)ccc(OC)c1F. The molecule has 1 aromatic rings. The van der Waals surface area contributed by atoms with Crippen molar-refractivity contribution < 1.29 is 23.5 Å². The third kappa shape index (κ3) is 2.74. The molecule has 0 radical (unpaired) electrons. The van der Waals surface area contributed by atoms with Crippen molar-refractivity contribution >= 4 is 23.4 Å². The topological polar surface area (TPSA) is 52.6 Å². The Morgan fingerprint density at radius 3 is 2.59 bits per heavy atom. The lowest BCUT2D eigenvalue weighted by atomic mass is 10.1. The molecule has 17 heavy (non-hydrogen) atoms. The molecule has 0 aromatic heterocycles. The highest BCUT2D eigenvalue weighted by Gasteiger charge is 2.26. The van der Waals surface area contributed by atoms with Gasteiger partial charge in [0.15, 0.2) is 11.6 Å². The van der Waals surface area contributed by atoms with E-state index >= 15 is 0 Å². The minimum Gasteiger partial charge on any atom is -0.494 e. The Bertz CT molecular complexity index is 459. The molecule has 0 N–H and O–H groups in total. The summed E-state index contributed by atoms with van der Waals surface area (Å²) in [7, 11) is 1.24. The molecule has 0 fully saturated rings. The largest absolute Gasteiger partial charge is 0.494 e. The van der Waals surface area contributed by atoms with E-state index in [4.69, 9.17) is 16.3 Å². The van der Waals surface area contributed by atoms with Crippen molar-refractivity contribution in [2.24, 2.45) is 0 Å². The van der Waals surface area contributed by atoms with Gasteiger partial charge < -0.3 is 9.47 Å². The number of hydrogen-bond donors (Lipinski definition) is 0. The highest BCUT2D eigenvalue weighted by Crippen LogP contribution is 2.27. The van der Waals surface area contributed by atoms with Crippen molar-refractivity contribution in [1.29, 1.82) is 0 Å². The third-order valence-corrected chi connectivity index (χ3v) is 2.28. The summed E-state index contributed by atoms with van der Waals surface area (Å²) in [6.07, 6.45) is 0. The average molecular weight is 261 g/mol. The van der Waals surface area contributed by atoms with E-state index in [1.165, 1.54) is 26.2 Å². The first-order valence-corrected chi connectivity index (χ1v) is 5.14. The molecular weight excluding hydrogens is 251 g/mol. The van der Waals surface area contributed by atoms with E-state index in [1.807, 2.05) is 0 Å². The van der Waals surface area contributed by atoms with E-state index in [0.717, 1.165) is 0 Å². The normalized spacial score (nSPS) is 9.88.